The number of rotatable bonds is 5. The van der Waals surface area contributed by atoms with E-state index in [-0.39, 0.29) is 5.91 Å². The van der Waals surface area contributed by atoms with Crippen LogP contribution >= 0.6 is 0 Å². The van der Waals surface area contributed by atoms with Gasteiger partial charge in [-0.1, -0.05) is 0 Å². The maximum Gasteiger partial charge on any atom is 0.416 e. The molecule has 156 valence electrons. The summed E-state index contributed by atoms with van der Waals surface area (Å²) in [5.41, 5.74) is 0.270. The molecule has 3 rings (SSSR count). The average molecular weight is 397 g/mol. The van der Waals surface area contributed by atoms with E-state index >= 15 is 0 Å². The fourth-order valence-electron chi connectivity index (χ4n) is 4.34. The SMILES string of the molecule is CC(=O)NC1CCC(CCN2CCN(c3ccc(C(F)(F)F)cc3)CC2)CC1. The van der Waals surface area contributed by atoms with Crippen molar-refractivity contribution in [2.75, 3.05) is 37.6 Å². The minimum atomic E-state index is -4.28. The summed E-state index contributed by atoms with van der Waals surface area (Å²) in [5, 5.41) is 3.02. The zero-order valence-electron chi connectivity index (χ0n) is 16.5. The number of benzene rings is 1. The fourth-order valence-corrected chi connectivity index (χ4v) is 4.34. The first-order valence-corrected chi connectivity index (χ1v) is 10.2. The maximum atomic E-state index is 12.7. The zero-order valence-corrected chi connectivity index (χ0v) is 16.5. The monoisotopic (exact) mass is 397 g/mol. The molecule has 0 atom stereocenters. The Morgan fingerprint density at radius 2 is 1.64 bits per heavy atom. The molecule has 0 aromatic heterocycles. The maximum absolute atomic E-state index is 12.7. The number of nitrogens with zero attached hydrogens (tertiary/aromatic N) is 2. The standard InChI is InChI=1S/C21H30F3N3O/c1-16(28)25-19-6-2-17(3-7-19)10-11-26-12-14-27(15-13-26)20-8-4-18(5-9-20)21(22,23)24/h4-5,8-9,17,19H,2-3,6-7,10-15H2,1H3,(H,25,28). The van der Waals surface area contributed by atoms with Crippen LogP contribution in [0.15, 0.2) is 24.3 Å². The van der Waals surface area contributed by atoms with Gasteiger partial charge in [-0.05, 0) is 68.8 Å². The molecule has 0 spiro atoms. The van der Waals surface area contributed by atoms with Crippen LogP contribution in [0.25, 0.3) is 0 Å². The van der Waals surface area contributed by atoms with E-state index in [1.165, 1.54) is 31.4 Å². The second kappa shape index (κ2) is 9.16. The summed E-state index contributed by atoms with van der Waals surface area (Å²) in [7, 11) is 0. The van der Waals surface area contributed by atoms with Gasteiger partial charge in [0.15, 0.2) is 0 Å². The van der Waals surface area contributed by atoms with Crippen molar-refractivity contribution >= 4 is 11.6 Å². The van der Waals surface area contributed by atoms with Crippen molar-refractivity contribution in [3.8, 4) is 0 Å². The van der Waals surface area contributed by atoms with Crippen LogP contribution < -0.4 is 10.2 Å². The van der Waals surface area contributed by atoms with Crippen molar-refractivity contribution in [1.82, 2.24) is 10.2 Å². The molecule has 1 aromatic rings. The molecule has 1 amide bonds. The van der Waals surface area contributed by atoms with E-state index in [2.05, 4.69) is 15.1 Å². The Kier molecular flexibility index (Phi) is 6.86. The smallest absolute Gasteiger partial charge is 0.369 e. The first kappa shape index (κ1) is 21.0. The highest BCUT2D eigenvalue weighted by molar-refractivity contribution is 5.73. The van der Waals surface area contributed by atoms with E-state index in [4.69, 9.17) is 0 Å². The zero-order chi connectivity index (χ0) is 20.1. The molecular weight excluding hydrogens is 367 g/mol. The van der Waals surface area contributed by atoms with E-state index in [0.717, 1.165) is 57.2 Å². The summed E-state index contributed by atoms with van der Waals surface area (Å²) in [4.78, 5) is 15.8. The number of amides is 1. The summed E-state index contributed by atoms with van der Waals surface area (Å²) in [6.45, 7) is 6.25. The van der Waals surface area contributed by atoms with Gasteiger partial charge < -0.3 is 10.2 Å². The van der Waals surface area contributed by atoms with Gasteiger partial charge in [-0.15, -0.1) is 0 Å². The van der Waals surface area contributed by atoms with Gasteiger partial charge in [0.2, 0.25) is 5.91 Å². The first-order valence-electron chi connectivity index (χ1n) is 10.2. The number of alkyl halides is 3. The molecule has 1 aromatic carbocycles. The lowest BCUT2D eigenvalue weighted by Crippen LogP contribution is -2.47. The number of hydrogen-bond acceptors (Lipinski definition) is 3. The van der Waals surface area contributed by atoms with Gasteiger partial charge in [0, 0.05) is 44.8 Å². The number of halogens is 3. The summed E-state index contributed by atoms with van der Waals surface area (Å²) in [6.07, 6.45) is 1.41. The van der Waals surface area contributed by atoms with Crippen molar-refractivity contribution in [2.45, 2.75) is 51.2 Å². The summed E-state index contributed by atoms with van der Waals surface area (Å²) < 4.78 is 38.1. The van der Waals surface area contributed by atoms with E-state index < -0.39 is 11.7 Å². The molecule has 0 unspecified atom stereocenters. The lowest BCUT2D eigenvalue weighted by molar-refractivity contribution is -0.137. The average Bonchev–Trinajstić information content (AvgIpc) is 2.67. The van der Waals surface area contributed by atoms with Gasteiger partial charge in [0.05, 0.1) is 5.56 Å². The lowest BCUT2D eigenvalue weighted by atomic mass is 9.84. The minimum absolute atomic E-state index is 0.0642. The van der Waals surface area contributed by atoms with Crippen LogP contribution in [0.2, 0.25) is 0 Å². The van der Waals surface area contributed by atoms with E-state index in [1.807, 2.05) is 0 Å². The summed E-state index contributed by atoms with van der Waals surface area (Å²) in [5.74, 6) is 0.798. The number of nitrogens with one attached hydrogen (secondary N) is 1. The predicted molar refractivity (Wildman–Crippen MR) is 104 cm³/mol. The largest absolute Gasteiger partial charge is 0.416 e. The van der Waals surface area contributed by atoms with Gasteiger partial charge in [0.1, 0.15) is 0 Å². The highest BCUT2D eigenvalue weighted by Crippen LogP contribution is 2.31. The van der Waals surface area contributed by atoms with Crippen LogP contribution in [0.1, 0.15) is 44.6 Å². The van der Waals surface area contributed by atoms with Crippen molar-refractivity contribution in [1.29, 1.82) is 0 Å². The molecule has 2 aliphatic rings. The van der Waals surface area contributed by atoms with Gasteiger partial charge in [0.25, 0.3) is 0 Å². The third-order valence-electron chi connectivity index (χ3n) is 6.04. The van der Waals surface area contributed by atoms with Crippen LogP contribution in [-0.2, 0) is 11.0 Å². The molecule has 1 aliphatic heterocycles. The number of piperazine rings is 1. The van der Waals surface area contributed by atoms with E-state index in [9.17, 15) is 18.0 Å². The Morgan fingerprint density at radius 3 is 2.18 bits per heavy atom. The highest BCUT2D eigenvalue weighted by atomic mass is 19.4. The Labute approximate surface area is 165 Å². The Hall–Kier alpha value is -1.76. The van der Waals surface area contributed by atoms with Gasteiger partial charge >= 0.3 is 6.18 Å². The molecular formula is C21H30F3N3O. The van der Waals surface area contributed by atoms with Crippen LogP contribution in [0, 0.1) is 5.92 Å². The topological polar surface area (TPSA) is 35.6 Å². The predicted octanol–water partition coefficient (Wildman–Crippen LogP) is 3.91. The number of hydrogen-bond donors (Lipinski definition) is 1. The number of anilines is 1. The lowest BCUT2D eigenvalue weighted by Gasteiger charge is -2.37. The van der Waals surface area contributed by atoms with Crippen molar-refractivity contribution in [3.05, 3.63) is 29.8 Å². The van der Waals surface area contributed by atoms with Crippen LogP contribution in [0.3, 0.4) is 0 Å². The molecule has 1 saturated carbocycles. The molecule has 1 N–H and O–H groups in total. The summed E-state index contributed by atoms with van der Waals surface area (Å²) >= 11 is 0. The molecule has 0 bridgehead atoms. The summed E-state index contributed by atoms with van der Waals surface area (Å²) in [6, 6.07) is 5.83. The van der Waals surface area contributed by atoms with Crippen molar-refractivity contribution < 1.29 is 18.0 Å². The molecule has 28 heavy (non-hydrogen) atoms. The van der Waals surface area contributed by atoms with Crippen molar-refractivity contribution in [2.24, 2.45) is 5.92 Å². The highest BCUT2D eigenvalue weighted by Gasteiger charge is 2.30. The molecule has 1 saturated heterocycles. The van der Waals surface area contributed by atoms with E-state index in [0.29, 0.717) is 6.04 Å². The number of carbonyl (C=O) groups excluding carboxylic acids is 1. The second-order valence-corrected chi connectivity index (χ2v) is 8.08. The molecule has 2 fully saturated rings. The Balaban J connectivity index is 1.37. The van der Waals surface area contributed by atoms with Crippen LogP contribution in [0.4, 0.5) is 18.9 Å². The first-order chi connectivity index (χ1) is 13.3. The van der Waals surface area contributed by atoms with E-state index in [1.54, 1.807) is 19.1 Å². The number of carbonyl (C=O) groups is 1. The van der Waals surface area contributed by atoms with Gasteiger partial charge in [-0.25, -0.2) is 0 Å². The Morgan fingerprint density at radius 1 is 1.04 bits per heavy atom. The molecule has 4 nitrogen and oxygen atoms in total. The van der Waals surface area contributed by atoms with Crippen LogP contribution in [0.5, 0.6) is 0 Å². The van der Waals surface area contributed by atoms with Crippen molar-refractivity contribution in [3.63, 3.8) is 0 Å². The van der Waals surface area contributed by atoms with Gasteiger partial charge in [-0.2, -0.15) is 13.2 Å². The third-order valence-corrected chi connectivity index (χ3v) is 6.04. The van der Waals surface area contributed by atoms with Gasteiger partial charge in [-0.3, -0.25) is 9.69 Å². The Bertz CT molecular complexity index is 631. The third kappa shape index (κ3) is 5.87. The fraction of sp³-hybridized carbons (Fsp3) is 0.667. The second-order valence-electron chi connectivity index (χ2n) is 8.08. The molecule has 0 radical (unpaired) electrons. The molecule has 1 heterocycles. The molecule has 7 heteroatoms. The quantitative estimate of drug-likeness (QED) is 0.818. The normalized spacial score (nSPS) is 24.2. The minimum Gasteiger partial charge on any atom is -0.369 e. The molecule has 1 aliphatic carbocycles. The van der Waals surface area contributed by atoms with Crippen LogP contribution in [-0.4, -0.2) is 49.6 Å².